The van der Waals surface area contributed by atoms with Crippen molar-refractivity contribution in [1.29, 1.82) is 0 Å². The number of amides is 1. The third-order valence-corrected chi connectivity index (χ3v) is 4.27. The second-order valence-corrected chi connectivity index (χ2v) is 5.98. The third-order valence-electron chi connectivity index (χ3n) is 4.27. The number of carbonyl (C=O) groups is 1. The Bertz CT molecular complexity index is 636. The van der Waals surface area contributed by atoms with Gasteiger partial charge in [-0.05, 0) is 24.4 Å². The molecule has 1 fully saturated rings. The molecule has 1 aliphatic heterocycles. The number of nitrogens with zero attached hydrogens (tertiary/aromatic N) is 2. The highest BCUT2D eigenvalue weighted by Crippen LogP contribution is 2.29. The van der Waals surface area contributed by atoms with E-state index in [-0.39, 0.29) is 11.3 Å². The van der Waals surface area contributed by atoms with Crippen LogP contribution in [0.3, 0.4) is 0 Å². The van der Waals surface area contributed by atoms with Crippen LogP contribution in [0.15, 0.2) is 24.3 Å². The van der Waals surface area contributed by atoms with Gasteiger partial charge >= 0.3 is 0 Å². The van der Waals surface area contributed by atoms with E-state index in [1.807, 2.05) is 29.2 Å². The lowest BCUT2D eigenvalue weighted by Gasteiger charge is -2.22. The monoisotopic (exact) mass is 272 g/mol. The first kappa shape index (κ1) is 13.1. The van der Waals surface area contributed by atoms with E-state index in [9.17, 15) is 4.79 Å². The smallest absolute Gasteiger partial charge is 0.228 e. The predicted molar refractivity (Wildman–Crippen MR) is 78.2 cm³/mol. The number of nitrogens with two attached hydrogens (primary N) is 1. The second-order valence-electron chi connectivity index (χ2n) is 5.98. The molecule has 1 aliphatic rings. The lowest BCUT2D eigenvalue weighted by Crippen LogP contribution is -2.35. The minimum atomic E-state index is 0.0751. The highest BCUT2D eigenvalue weighted by Gasteiger charge is 2.34. The molecule has 2 heterocycles. The zero-order chi connectivity index (χ0) is 14.2. The largest absolute Gasteiger partial charge is 0.342 e. The van der Waals surface area contributed by atoms with Gasteiger partial charge in [0.05, 0.1) is 17.6 Å². The van der Waals surface area contributed by atoms with Crippen molar-refractivity contribution in [3.8, 4) is 0 Å². The number of benzene rings is 1. The van der Waals surface area contributed by atoms with E-state index in [0.717, 1.165) is 36.1 Å². The van der Waals surface area contributed by atoms with Gasteiger partial charge in [-0.3, -0.25) is 9.89 Å². The minimum Gasteiger partial charge on any atom is -0.342 e. The molecule has 1 atom stereocenters. The summed E-state index contributed by atoms with van der Waals surface area (Å²) < 4.78 is 0. The molecule has 3 rings (SSSR count). The van der Waals surface area contributed by atoms with Crippen LogP contribution in [0.25, 0.3) is 10.9 Å². The molecule has 1 aromatic heterocycles. The number of aromatic nitrogens is 2. The van der Waals surface area contributed by atoms with E-state index >= 15 is 0 Å². The molecule has 1 saturated heterocycles. The molecule has 2 aromatic rings. The molecule has 1 unspecified atom stereocenters. The summed E-state index contributed by atoms with van der Waals surface area (Å²) in [6.07, 6.45) is 1.36. The van der Waals surface area contributed by atoms with Crippen molar-refractivity contribution in [3.05, 3.63) is 30.0 Å². The fourth-order valence-corrected chi connectivity index (χ4v) is 2.82. The lowest BCUT2D eigenvalue weighted by atomic mass is 9.90. The first-order chi connectivity index (χ1) is 9.61. The lowest BCUT2D eigenvalue weighted by molar-refractivity contribution is -0.129. The highest BCUT2D eigenvalue weighted by atomic mass is 16.2. The number of rotatable bonds is 3. The number of hydrogen-bond acceptors (Lipinski definition) is 3. The Labute approximate surface area is 118 Å². The minimum absolute atomic E-state index is 0.0751. The summed E-state index contributed by atoms with van der Waals surface area (Å²) in [4.78, 5) is 14.3. The second kappa shape index (κ2) is 4.90. The number of likely N-dealkylation sites (tertiary alicyclic amines) is 1. The van der Waals surface area contributed by atoms with Gasteiger partial charge in [-0.25, -0.2) is 0 Å². The van der Waals surface area contributed by atoms with Gasteiger partial charge in [0.2, 0.25) is 5.91 Å². The molecule has 0 spiro atoms. The average Bonchev–Trinajstić information content (AvgIpc) is 3.04. The molecule has 20 heavy (non-hydrogen) atoms. The van der Waals surface area contributed by atoms with Crippen LogP contribution in [0.2, 0.25) is 0 Å². The van der Waals surface area contributed by atoms with Gasteiger partial charge in [0.1, 0.15) is 0 Å². The van der Waals surface area contributed by atoms with Crippen LogP contribution in [-0.4, -0.2) is 40.6 Å². The Kier molecular flexibility index (Phi) is 3.22. The fourth-order valence-electron chi connectivity index (χ4n) is 2.82. The van der Waals surface area contributed by atoms with E-state index in [1.54, 1.807) is 0 Å². The number of aromatic amines is 1. The van der Waals surface area contributed by atoms with Crippen LogP contribution in [0, 0.1) is 5.41 Å². The molecule has 0 aliphatic carbocycles. The van der Waals surface area contributed by atoms with Crippen LogP contribution < -0.4 is 5.73 Å². The summed E-state index contributed by atoms with van der Waals surface area (Å²) in [5.74, 6) is 0.150. The molecule has 5 heteroatoms. The van der Waals surface area contributed by atoms with Gasteiger partial charge in [0.25, 0.3) is 0 Å². The summed E-state index contributed by atoms with van der Waals surface area (Å²) in [6, 6.07) is 7.85. The van der Waals surface area contributed by atoms with Gasteiger partial charge in [0.15, 0.2) is 0 Å². The summed E-state index contributed by atoms with van der Waals surface area (Å²) in [5.41, 5.74) is 7.66. The van der Waals surface area contributed by atoms with Crippen LogP contribution in [-0.2, 0) is 11.2 Å². The maximum absolute atomic E-state index is 12.4. The predicted octanol–water partition coefficient (Wildman–Crippen LogP) is 1.30. The Morgan fingerprint density at radius 1 is 1.50 bits per heavy atom. The number of carbonyl (C=O) groups excluding carboxylic acids is 1. The standard InChI is InChI=1S/C15H20N4O/c1-15(9-16)6-7-19(10-15)14(20)8-13-11-4-2-3-5-12(11)17-18-13/h2-5H,6-10,16H2,1H3,(H,17,18). The molecule has 3 N–H and O–H groups in total. The van der Waals surface area contributed by atoms with E-state index in [1.165, 1.54) is 0 Å². The first-order valence-corrected chi connectivity index (χ1v) is 7.01. The Balaban J connectivity index is 1.74. The first-order valence-electron chi connectivity index (χ1n) is 7.01. The molecular formula is C15H20N4O. The van der Waals surface area contributed by atoms with Gasteiger partial charge in [-0.1, -0.05) is 25.1 Å². The number of fused-ring (bicyclic) bond motifs is 1. The van der Waals surface area contributed by atoms with Gasteiger partial charge in [-0.15, -0.1) is 0 Å². The normalized spacial score (nSPS) is 22.6. The van der Waals surface area contributed by atoms with Crippen molar-refractivity contribution in [2.75, 3.05) is 19.6 Å². The molecule has 0 radical (unpaired) electrons. The number of H-pyrrole nitrogens is 1. The molecule has 1 amide bonds. The quantitative estimate of drug-likeness (QED) is 0.884. The Morgan fingerprint density at radius 3 is 3.05 bits per heavy atom. The SMILES string of the molecule is CC1(CN)CCN(C(=O)Cc2[nH]nc3ccccc23)C1. The van der Waals surface area contributed by atoms with Gasteiger partial charge in [0, 0.05) is 18.5 Å². The zero-order valence-electron chi connectivity index (χ0n) is 11.7. The summed E-state index contributed by atoms with van der Waals surface area (Å²) in [5, 5.41) is 8.24. The summed E-state index contributed by atoms with van der Waals surface area (Å²) >= 11 is 0. The van der Waals surface area contributed by atoms with E-state index in [0.29, 0.717) is 13.0 Å². The van der Waals surface area contributed by atoms with Crippen LogP contribution >= 0.6 is 0 Å². The number of hydrogen-bond donors (Lipinski definition) is 2. The van der Waals surface area contributed by atoms with Crippen molar-refractivity contribution in [2.24, 2.45) is 11.1 Å². The van der Waals surface area contributed by atoms with E-state index in [4.69, 9.17) is 5.73 Å². The Morgan fingerprint density at radius 2 is 2.30 bits per heavy atom. The van der Waals surface area contributed by atoms with Crippen molar-refractivity contribution < 1.29 is 4.79 Å². The molecule has 5 nitrogen and oxygen atoms in total. The van der Waals surface area contributed by atoms with Gasteiger partial charge < -0.3 is 10.6 Å². The highest BCUT2D eigenvalue weighted by molar-refractivity contribution is 5.87. The molecule has 106 valence electrons. The fraction of sp³-hybridized carbons (Fsp3) is 0.467. The van der Waals surface area contributed by atoms with Crippen LogP contribution in [0.4, 0.5) is 0 Å². The Hall–Kier alpha value is -1.88. The van der Waals surface area contributed by atoms with Crippen LogP contribution in [0.1, 0.15) is 19.0 Å². The summed E-state index contributed by atoms with van der Waals surface area (Å²) in [6.45, 7) is 4.34. The maximum atomic E-state index is 12.4. The number of para-hydroxylation sites is 1. The molecular weight excluding hydrogens is 252 g/mol. The third kappa shape index (κ3) is 2.29. The number of nitrogens with one attached hydrogen (secondary N) is 1. The topological polar surface area (TPSA) is 75.0 Å². The van der Waals surface area contributed by atoms with Crippen molar-refractivity contribution in [2.45, 2.75) is 19.8 Å². The van der Waals surface area contributed by atoms with E-state index < -0.39 is 0 Å². The maximum Gasteiger partial charge on any atom is 0.228 e. The zero-order valence-corrected chi connectivity index (χ0v) is 11.7. The molecule has 1 aromatic carbocycles. The van der Waals surface area contributed by atoms with Crippen molar-refractivity contribution in [3.63, 3.8) is 0 Å². The average molecular weight is 272 g/mol. The molecule has 0 bridgehead atoms. The van der Waals surface area contributed by atoms with Crippen molar-refractivity contribution >= 4 is 16.8 Å². The van der Waals surface area contributed by atoms with Crippen molar-refractivity contribution in [1.82, 2.24) is 15.1 Å². The molecule has 0 saturated carbocycles. The summed E-state index contributed by atoms with van der Waals surface area (Å²) in [7, 11) is 0. The van der Waals surface area contributed by atoms with Crippen LogP contribution in [0.5, 0.6) is 0 Å². The van der Waals surface area contributed by atoms with Gasteiger partial charge in [-0.2, -0.15) is 5.10 Å². The van der Waals surface area contributed by atoms with E-state index in [2.05, 4.69) is 17.1 Å².